The fourth-order valence-corrected chi connectivity index (χ4v) is 3.94. The Morgan fingerprint density at radius 3 is 2.93 bits per heavy atom. The highest BCUT2D eigenvalue weighted by Crippen LogP contribution is 2.25. The van der Waals surface area contributed by atoms with Crippen LogP contribution in [-0.2, 0) is 16.1 Å². The highest BCUT2D eigenvalue weighted by molar-refractivity contribution is 5.91. The van der Waals surface area contributed by atoms with Gasteiger partial charge < -0.3 is 19.4 Å². The molecule has 2 aromatic heterocycles. The number of carbonyl (C=O) groups excluding carboxylic acids is 2. The summed E-state index contributed by atoms with van der Waals surface area (Å²) in [5.41, 5.74) is 0. The molecule has 156 valence electrons. The van der Waals surface area contributed by atoms with E-state index in [1.807, 2.05) is 12.3 Å². The number of amides is 2. The van der Waals surface area contributed by atoms with Gasteiger partial charge in [-0.3, -0.25) is 19.2 Å². The van der Waals surface area contributed by atoms with Crippen LogP contribution in [0.5, 0.6) is 0 Å². The number of hydrogen-bond donors (Lipinski definition) is 1. The number of nitrogens with one attached hydrogen (secondary N) is 1. The van der Waals surface area contributed by atoms with Crippen molar-refractivity contribution in [2.75, 3.05) is 33.8 Å². The minimum Gasteiger partial charge on any atom is -0.454 e. The Balaban J connectivity index is 1.28. The molecular formula is C20H27N5O4. The molecular weight excluding hydrogens is 374 g/mol. The number of rotatable bonds is 6. The van der Waals surface area contributed by atoms with Gasteiger partial charge in [0.1, 0.15) is 5.76 Å². The summed E-state index contributed by atoms with van der Waals surface area (Å²) in [6, 6.07) is 5.66. The second kappa shape index (κ2) is 8.38. The van der Waals surface area contributed by atoms with Gasteiger partial charge in [0.15, 0.2) is 5.76 Å². The van der Waals surface area contributed by atoms with E-state index in [0.29, 0.717) is 37.6 Å². The van der Waals surface area contributed by atoms with Crippen molar-refractivity contribution in [3.8, 4) is 0 Å². The third kappa shape index (κ3) is 4.68. The zero-order valence-electron chi connectivity index (χ0n) is 16.8. The van der Waals surface area contributed by atoms with Crippen molar-refractivity contribution >= 4 is 11.8 Å². The average molecular weight is 401 g/mol. The van der Waals surface area contributed by atoms with E-state index in [2.05, 4.69) is 15.3 Å². The molecule has 1 N–H and O–H groups in total. The molecule has 9 heteroatoms. The van der Waals surface area contributed by atoms with Gasteiger partial charge in [0.2, 0.25) is 5.91 Å². The molecule has 0 unspecified atom stereocenters. The standard InChI is InChI=1S/C20H27N5O4/c1-23(2)19(26)9-17-11-24-10-14(8-15(24)13-28-17)22-20(27)18-5-4-16(29-18)12-25-7-3-6-21-25/h3-7,14-15,17H,8-13H2,1-2H3,(H,22,27)/t14-,15-,17-/m0/s1. The maximum absolute atomic E-state index is 12.6. The van der Waals surface area contributed by atoms with Crippen LogP contribution in [0.4, 0.5) is 0 Å². The van der Waals surface area contributed by atoms with Gasteiger partial charge in [-0.05, 0) is 24.6 Å². The summed E-state index contributed by atoms with van der Waals surface area (Å²) in [6.07, 6.45) is 4.68. The lowest BCUT2D eigenvalue weighted by atomic mass is 10.1. The van der Waals surface area contributed by atoms with Crippen LogP contribution in [0.3, 0.4) is 0 Å². The van der Waals surface area contributed by atoms with Crippen molar-refractivity contribution in [3.05, 3.63) is 42.1 Å². The van der Waals surface area contributed by atoms with Gasteiger partial charge in [-0.25, -0.2) is 0 Å². The monoisotopic (exact) mass is 401 g/mol. The Morgan fingerprint density at radius 1 is 1.31 bits per heavy atom. The number of aromatic nitrogens is 2. The first-order valence-electron chi connectivity index (χ1n) is 9.90. The molecule has 0 saturated carbocycles. The predicted molar refractivity (Wildman–Crippen MR) is 104 cm³/mol. The van der Waals surface area contributed by atoms with Crippen molar-refractivity contribution in [3.63, 3.8) is 0 Å². The van der Waals surface area contributed by atoms with Gasteiger partial charge >= 0.3 is 0 Å². The van der Waals surface area contributed by atoms with Crippen molar-refractivity contribution in [2.45, 2.75) is 37.6 Å². The zero-order chi connectivity index (χ0) is 20.4. The lowest BCUT2D eigenvalue weighted by Crippen LogP contribution is -2.47. The first kappa shape index (κ1) is 19.7. The van der Waals surface area contributed by atoms with Gasteiger partial charge in [-0.2, -0.15) is 5.10 Å². The van der Waals surface area contributed by atoms with E-state index in [9.17, 15) is 9.59 Å². The SMILES string of the molecule is CN(C)C(=O)C[C@H]1CN2C[C@@H](NC(=O)c3ccc(Cn4cccn4)o3)C[C@H]2CO1. The fourth-order valence-electron chi connectivity index (χ4n) is 3.94. The summed E-state index contributed by atoms with van der Waals surface area (Å²) >= 11 is 0. The van der Waals surface area contributed by atoms with E-state index in [1.165, 1.54) is 0 Å². The van der Waals surface area contributed by atoms with Crippen molar-refractivity contribution < 1.29 is 18.7 Å². The van der Waals surface area contributed by atoms with Crippen molar-refractivity contribution in [1.29, 1.82) is 0 Å². The first-order valence-corrected chi connectivity index (χ1v) is 9.90. The van der Waals surface area contributed by atoms with Crippen LogP contribution >= 0.6 is 0 Å². The molecule has 2 aliphatic heterocycles. The Hall–Kier alpha value is -2.65. The highest BCUT2D eigenvalue weighted by Gasteiger charge is 2.38. The molecule has 9 nitrogen and oxygen atoms in total. The average Bonchev–Trinajstić information content (AvgIpc) is 3.42. The van der Waals surface area contributed by atoms with E-state index in [4.69, 9.17) is 9.15 Å². The van der Waals surface area contributed by atoms with Crippen LogP contribution in [0.15, 0.2) is 35.0 Å². The Labute approximate surface area is 169 Å². The third-order valence-electron chi connectivity index (χ3n) is 5.49. The molecule has 4 rings (SSSR count). The van der Waals surface area contributed by atoms with Crippen molar-refractivity contribution in [2.24, 2.45) is 0 Å². The Kier molecular flexibility index (Phi) is 5.68. The molecule has 4 heterocycles. The summed E-state index contributed by atoms with van der Waals surface area (Å²) < 4.78 is 13.3. The number of carbonyl (C=O) groups is 2. The van der Waals surface area contributed by atoms with Crippen LogP contribution in [0.25, 0.3) is 0 Å². The highest BCUT2D eigenvalue weighted by atomic mass is 16.5. The van der Waals surface area contributed by atoms with Crippen LogP contribution in [0.1, 0.15) is 29.2 Å². The number of ether oxygens (including phenoxy) is 1. The lowest BCUT2D eigenvalue weighted by Gasteiger charge is -2.35. The van der Waals surface area contributed by atoms with Crippen LogP contribution in [0, 0.1) is 0 Å². The quantitative estimate of drug-likeness (QED) is 0.761. The number of morpholine rings is 1. The summed E-state index contributed by atoms with van der Waals surface area (Å²) in [4.78, 5) is 28.4. The molecule has 2 amide bonds. The molecule has 0 radical (unpaired) electrons. The lowest BCUT2D eigenvalue weighted by molar-refractivity contribution is -0.134. The van der Waals surface area contributed by atoms with Gasteiger partial charge in [-0.1, -0.05) is 0 Å². The number of furan rings is 1. The van der Waals surface area contributed by atoms with Gasteiger partial charge in [0.25, 0.3) is 5.91 Å². The van der Waals surface area contributed by atoms with Gasteiger partial charge in [0.05, 0.1) is 25.7 Å². The molecule has 2 aliphatic rings. The zero-order valence-corrected chi connectivity index (χ0v) is 16.8. The number of fused-ring (bicyclic) bond motifs is 1. The van der Waals surface area contributed by atoms with E-state index >= 15 is 0 Å². The topological polar surface area (TPSA) is 92.8 Å². The van der Waals surface area contributed by atoms with Crippen molar-refractivity contribution in [1.82, 2.24) is 24.9 Å². The van der Waals surface area contributed by atoms with Gasteiger partial charge in [0, 0.05) is 51.7 Å². The van der Waals surface area contributed by atoms with E-state index < -0.39 is 0 Å². The summed E-state index contributed by atoms with van der Waals surface area (Å²) in [7, 11) is 3.51. The molecule has 2 fully saturated rings. The maximum atomic E-state index is 12.6. The van der Waals surface area contributed by atoms with E-state index in [0.717, 1.165) is 13.0 Å². The smallest absolute Gasteiger partial charge is 0.287 e. The minimum absolute atomic E-state index is 0.0408. The molecule has 2 aromatic rings. The summed E-state index contributed by atoms with van der Waals surface area (Å²) in [5, 5.41) is 7.21. The summed E-state index contributed by atoms with van der Waals surface area (Å²) in [5.74, 6) is 0.857. The number of nitrogens with zero attached hydrogens (tertiary/aromatic N) is 4. The molecule has 3 atom stereocenters. The molecule has 29 heavy (non-hydrogen) atoms. The van der Waals surface area contributed by atoms with Gasteiger partial charge in [-0.15, -0.1) is 0 Å². The Morgan fingerprint density at radius 2 is 2.17 bits per heavy atom. The molecule has 0 aromatic carbocycles. The van der Waals surface area contributed by atoms with Crippen LogP contribution in [0.2, 0.25) is 0 Å². The third-order valence-corrected chi connectivity index (χ3v) is 5.49. The Bertz CT molecular complexity index is 847. The largest absolute Gasteiger partial charge is 0.454 e. The first-order chi connectivity index (χ1) is 14.0. The van der Waals surface area contributed by atoms with E-state index in [-0.39, 0.29) is 30.0 Å². The normalized spacial score (nSPS) is 24.3. The molecule has 0 spiro atoms. The molecule has 0 bridgehead atoms. The number of hydrogen-bond acceptors (Lipinski definition) is 6. The fraction of sp³-hybridized carbons (Fsp3) is 0.550. The van der Waals surface area contributed by atoms with E-state index in [1.54, 1.807) is 42.0 Å². The molecule has 0 aliphatic carbocycles. The van der Waals surface area contributed by atoms with Crippen LogP contribution < -0.4 is 5.32 Å². The predicted octanol–water partition coefficient (Wildman–Crippen LogP) is 0.574. The maximum Gasteiger partial charge on any atom is 0.287 e. The van der Waals surface area contributed by atoms with Crippen LogP contribution in [-0.4, -0.2) is 83.4 Å². The molecule has 2 saturated heterocycles. The minimum atomic E-state index is -0.207. The second-order valence-corrected chi connectivity index (χ2v) is 7.93. The second-order valence-electron chi connectivity index (χ2n) is 7.93. The summed E-state index contributed by atoms with van der Waals surface area (Å²) in [6.45, 7) is 2.55.